The Labute approximate surface area is 213 Å². The SMILES string of the molecule is C=C(CC(C)C)Nc1cncc(-c2ccc3[nH]nc(-c4nc5c(-n6cnc(C)c6)cncc5[nH]4)c3n2)c1. The fourth-order valence-electron chi connectivity index (χ4n) is 4.39. The van der Waals surface area contributed by atoms with E-state index in [1.54, 1.807) is 31.1 Å². The van der Waals surface area contributed by atoms with Crippen LogP contribution in [0.3, 0.4) is 0 Å². The monoisotopic (exact) mass is 490 g/mol. The van der Waals surface area contributed by atoms with E-state index >= 15 is 0 Å². The molecular formula is C27H26N10. The van der Waals surface area contributed by atoms with Crippen LogP contribution < -0.4 is 5.32 Å². The predicted octanol–water partition coefficient (Wildman–Crippen LogP) is 5.42. The molecule has 0 aliphatic heterocycles. The second-order valence-corrected chi connectivity index (χ2v) is 9.52. The van der Waals surface area contributed by atoms with Gasteiger partial charge >= 0.3 is 0 Å². The van der Waals surface area contributed by atoms with Crippen molar-refractivity contribution in [1.82, 2.24) is 44.7 Å². The summed E-state index contributed by atoms with van der Waals surface area (Å²) >= 11 is 0. The smallest absolute Gasteiger partial charge is 0.161 e. The fourth-order valence-corrected chi connectivity index (χ4v) is 4.39. The quantitative estimate of drug-likeness (QED) is 0.273. The first-order valence-corrected chi connectivity index (χ1v) is 12.0. The van der Waals surface area contributed by atoms with Crippen molar-refractivity contribution in [2.75, 3.05) is 5.32 Å². The van der Waals surface area contributed by atoms with Crippen molar-refractivity contribution in [2.24, 2.45) is 5.92 Å². The molecular weight excluding hydrogens is 464 g/mol. The molecule has 6 rings (SSSR count). The zero-order valence-corrected chi connectivity index (χ0v) is 20.8. The number of aryl methyl sites for hydroxylation is 1. The first-order valence-electron chi connectivity index (χ1n) is 12.0. The van der Waals surface area contributed by atoms with Gasteiger partial charge in [0.1, 0.15) is 11.0 Å². The zero-order valence-electron chi connectivity index (χ0n) is 20.8. The maximum atomic E-state index is 4.93. The molecule has 10 heteroatoms. The molecule has 0 aliphatic carbocycles. The number of H-pyrrole nitrogens is 2. The van der Waals surface area contributed by atoms with Crippen molar-refractivity contribution < 1.29 is 0 Å². The molecule has 10 nitrogen and oxygen atoms in total. The molecule has 0 fully saturated rings. The van der Waals surface area contributed by atoms with Crippen molar-refractivity contribution >= 4 is 27.8 Å². The number of nitrogens with zero attached hydrogens (tertiary/aromatic N) is 7. The van der Waals surface area contributed by atoms with Crippen LogP contribution in [0.2, 0.25) is 0 Å². The van der Waals surface area contributed by atoms with Crippen LogP contribution in [-0.2, 0) is 0 Å². The summed E-state index contributed by atoms with van der Waals surface area (Å²) in [6.45, 7) is 10.4. The highest BCUT2D eigenvalue weighted by atomic mass is 15.2. The Bertz CT molecular complexity index is 1750. The van der Waals surface area contributed by atoms with E-state index in [0.717, 1.165) is 57.0 Å². The van der Waals surface area contributed by atoms with Gasteiger partial charge < -0.3 is 14.9 Å². The molecule has 6 aromatic heterocycles. The second kappa shape index (κ2) is 8.98. The first-order chi connectivity index (χ1) is 17.9. The van der Waals surface area contributed by atoms with Crippen molar-refractivity contribution in [1.29, 1.82) is 0 Å². The standard InChI is InChI=1S/C27H26N10/c1-15(2)7-16(3)31-19-8-18(9-28-10-19)20-5-6-21-25(32-20)26(36-35-21)27-33-22-11-29-12-23(24(22)34-27)37-13-17(4)30-14-37/h5-6,8-15,31H,3,7H2,1-2,4H3,(H,33,34)(H,35,36). The third kappa shape index (κ3) is 4.33. The summed E-state index contributed by atoms with van der Waals surface area (Å²) in [5.41, 5.74) is 9.01. The molecule has 0 radical (unpaired) electrons. The highest BCUT2D eigenvalue weighted by Gasteiger charge is 2.17. The Hall–Kier alpha value is -4.86. The van der Waals surface area contributed by atoms with E-state index in [-0.39, 0.29) is 0 Å². The number of imidazole rings is 2. The van der Waals surface area contributed by atoms with Crippen LogP contribution in [-0.4, -0.2) is 44.7 Å². The lowest BCUT2D eigenvalue weighted by Gasteiger charge is -2.12. The topological polar surface area (TPSA) is 126 Å². The first kappa shape index (κ1) is 22.6. The minimum Gasteiger partial charge on any atom is -0.358 e. The maximum absolute atomic E-state index is 4.93. The van der Waals surface area contributed by atoms with Crippen LogP contribution in [0.15, 0.2) is 67.8 Å². The molecule has 0 bridgehead atoms. The fraction of sp³-hybridized carbons (Fsp3) is 0.185. The van der Waals surface area contributed by atoms with Crippen LogP contribution in [0.4, 0.5) is 5.69 Å². The van der Waals surface area contributed by atoms with E-state index in [9.17, 15) is 0 Å². The molecule has 0 unspecified atom stereocenters. The molecule has 6 heterocycles. The lowest BCUT2D eigenvalue weighted by atomic mass is 10.1. The molecule has 0 aliphatic rings. The summed E-state index contributed by atoms with van der Waals surface area (Å²) in [5.74, 6) is 1.13. The number of pyridine rings is 3. The summed E-state index contributed by atoms with van der Waals surface area (Å²) in [4.78, 5) is 26.3. The third-order valence-electron chi connectivity index (χ3n) is 6.01. The van der Waals surface area contributed by atoms with E-state index in [4.69, 9.17) is 9.97 Å². The summed E-state index contributed by atoms with van der Waals surface area (Å²) < 4.78 is 1.91. The van der Waals surface area contributed by atoms with Gasteiger partial charge in [0.05, 0.1) is 58.7 Å². The summed E-state index contributed by atoms with van der Waals surface area (Å²) in [6.07, 6.45) is 11.7. The zero-order chi connectivity index (χ0) is 25.5. The number of aromatic amines is 2. The lowest BCUT2D eigenvalue weighted by Crippen LogP contribution is -2.02. The summed E-state index contributed by atoms with van der Waals surface area (Å²) in [6, 6.07) is 5.95. The summed E-state index contributed by atoms with van der Waals surface area (Å²) in [5, 5.41) is 11.0. The highest BCUT2D eigenvalue weighted by molar-refractivity contribution is 5.93. The van der Waals surface area contributed by atoms with Gasteiger partial charge in [-0.1, -0.05) is 20.4 Å². The molecule has 0 saturated heterocycles. The maximum Gasteiger partial charge on any atom is 0.161 e. The van der Waals surface area contributed by atoms with Gasteiger partial charge in [0.15, 0.2) is 11.5 Å². The largest absolute Gasteiger partial charge is 0.358 e. The van der Waals surface area contributed by atoms with Crippen LogP contribution in [0.5, 0.6) is 0 Å². The Morgan fingerprint density at radius 2 is 1.92 bits per heavy atom. The van der Waals surface area contributed by atoms with Gasteiger partial charge in [-0.2, -0.15) is 5.10 Å². The number of anilines is 1. The Balaban J connectivity index is 1.38. The van der Waals surface area contributed by atoms with Gasteiger partial charge in [0, 0.05) is 23.7 Å². The van der Waals surface area contributed by atoms with Gasteiger partial charge in [-0.05, 0) is 37.5 Å². The molecule has 0 saturated carbocycles. The van der Waals surface area contributed by atoms with E-state index in [1.165, 1.54) is 0 Å². The van der Waals surface area contributed by atoms with Gasteiger partial charge in [-0.15, -0.1) is 0 Å². The number of rotatable bonds is 7. The average molecular weight is 491 g/mol. The van der Waals surface area contributed by atoms with Gasteiger partial charge in [0.25, 0.3) is 0 Å². The molecule has 0 aromatic carbocycles. The highest BCUT2D eigenvalue weighted by Crippen LogP contribution is 2.29. The molecule has 3 N–H and O–H groups in total. The van der Waals surface area contributed by atoms with E-state index in [0.29, 0.717) is 23.0 Å². The molecule has 0 spiro atoms. The van der Waals surface area contributed by atoms with E-state index < -0.39 is 0 Å². The van der Waals surface area contributed by atoms with Crippen molar-refractivity contribution in [3.8, 4) is 28.5 Å². The second-order valence-electron chi connectivity index (χ2n) is 9.52. The molecule has 0 atom stereocenters. The predicted molar refractivity (Wildman–Crippen MR) is 144 cm³/mol. The van der Waals surface area contributed by atoms with E-state index in [1.807, 2.05) is 35.9 Å². The Kier molecular flexibility index (Phi) is 5.48. The van der Waals surface area contributed by atoms with E-state index in [2.05, 4.69) is 55.9 Å². The van der Waals surface area contributed by atoms with Crippen LogP contribution in [0.1, 0.15) is 26.0 Å². The number of hydrogen-bond donors (Lipinski definition) is 3. The number of allylic oxidation sites excluding steroid dienone is 1. The van der Waals surface area contributed by atoms with Gasteiger partial charge in [-0.25, -0.2) is 15.0 Å². The number of aromatic nitrogens is 9. The van der Waals surface area contributed by atoms with Crippen LogP contribution in [0.25, 0.3) is 50.5 Å². The molecule has 37 heavy (non-hydrogen) atoms. The third-order valence-corrected chi connectivity index (χ3v) is 6.01. The number of fused-ring (bicyclic) bond motifs is 2. The minimum absolute atomic E-state index is 0.522. The van der Waals surface area contributed by atoms with Crippen molar-refractivity contribution in [2.45, 2.75) is 27.2 Å². The number of nitrogens with one attached hydrogen (secondary N) is 3. The van der Waals surface area contributed by atoms with Crippen LogP contribution >= 0.6 is 0 Å². The van der Waals surface area contributed by atoms with Gasteiger partial charge in [-0.3, -0.25) is 15.1 Å². The molecule has 6 aromatic rings. The number of hydrogen-bond acceptors (Lipinski definition) is 7. The lowest BCUT2D eigenvalue weighted by molar-refractivity contribution is 0.645. The Morgan fingerprint density at radius 1 is 1.05 bits per heavy atom. The van der Waals surface area contributed by atoms with Crippen molar-refractivity contribution in [3.05, 3.63) is 73.5 Å². The minimum atomic E-state index is 0.522. The normalized spacial score (nSPS) is 11.6. The molecule has 0 amide bonds. The van der Waals surface area contributed by atoms with Crippen LogP contribution in [0, 0.1) is 12.8 Å². The average Bonchev–Trinajstić information content (AvgIpc) is 3.60. The summed E-state index contributed by atoms with van der Waals surface area (Å²) in [7, 11) is 0. The van der Waals surface area contributed by atoms with Crippen molar-refractivity contribution in [3.63, 3.8) is 0 Å². The Morgan fingerprint density at radius 3 is 2.73 bits per heavy atom. The molecule has 184 valence electrons. The van der Waals surface area contributed by atoms with Gasteiger partial charge in [0.2, 0.25) is 0 Å².